The van der Waals surface area contributed by atoms with Gasteiger partial charge in [0.1, 0.15) is 6.07 Å². The predicted molar refractivity (Wildman–Crippen MR) is 70.6 cm³/mol. The summed E-state index contributed by atoms with van der Waals surface area (Å²) < 4.78 is 0.816. The van der Waals surface area contributed by atoms with E-state index in [0.717, 1.165) is 17.4 Å². The van der Waals surface area contributed by atoms with Crippen molar-refractivity contribution >= 4 is 27.5 Å². The van der Waals surface area contributed by atoms with Gasteiger partial charge in [0.05, 0.1) is 17.8 Å². The fraction of sp³-hybridized carbons (Fsp3) is 0.333. The summed E-state index contributed by atoms with van der Waals surface area (Å²) in [6.07, 6.45) is 0.981. The van der Waals surface area contributed by atoms with Crippen LogP contribution in [0.2, 0.25) is 0 Å². The van der Waals surface area contributed by atoms with Crippen molar-refractivity contribution in [3.05, 3.63) is 28.2 Å². The number of carbonyl (C=O) groups excluding carboxylic acids is 1. The Kier molecular flexibility index (Phi) is 5.67. The first kappa shape index (κ1) is 13.7. The molecule has 0 spiro atoms. The van der Waals surface area contributed by atoms with Gasteiger partial charge < -0.3 is 10.6 Å². The number of hydrogen-bond acceptors (Lipinski definition) is 3. The van der Waals surface area contributed by atoms with Gasteiger partial charge in [0.25, 0.3) is 0 Å². The predicted octanol–water partition coefficient (Wildman–Crippen LogP) is 2.26. The zero-order valence-electron chi connectivity index (χ0n) is 9.59. The van der Waals surface area contributed by atoms with E-state index in [9.17, 15) is 4.79 Å². The lowest BCUT2D eigenvalue weighted by Gasteiger charge is -2.07. The van der Waals surface area contributed by atoms with Crippen LogP contribution in [-0.4, -0.2) is 19.0 Å². The molecule has 0 radical (unpaired) electrons. The largest absolute Gasteiger partial charge is 0.324 e. The Morgan fingerprint density at radius 1 is 1.53 bits per heavy atom. The fourth-order valence-electron chi connectivity index (χ4n) is 1.29. The summed E-state index contributed by atoms with van der Waals surface area (Å²) in [7, 11) is 0. The number of hydrogen-bond donors (Lipinski definition) is 2. The first-order valence-electron chi connectivity index (χ1n) is 5.37. The highest BCUT2D eigenvalue weighted by molar-refractivity contribution is 9.10. The van der Waals surface area contributed by atoms with Crippen LogP contribution < -0.4 is 10.6 Å². The van der Waals surface area contributed by atoms with Gasteiger partial charge in [0, 0.05) is 4.47 Å². The van der Waals surface area contributed by atoms with E-state index in [1.54, 1.807) is 18.2 Å². The number of nitrogens with one attached hydrogen (secondary N) is 2. The normalized spacial score (nSPS) is 9.71. The lowest BCUT2D eigenvalue weighted by molar-refractivity contribution is -0.115. The van der Waals surface area contributed by atoms with Crippen LogP contribution in [0.5, 0.6) is 0 Å². The summed E-state index contributed by atoms with van der Waals surface area (Å²) >= 11 is 3.28. The third-order valence-corrected chi connectivity index (χ3v) is 2.58. The van der Waals surface area contributed by atoms with Crippen molar-refractivity contribution in [2.45, 2.75) is 13.3 Å². The summed E-state index contributed by atoms with van der Waals surface area (Å²) in [4.78, 5) is 11.5. The highest BCUT2D eigenvalue weighted by atomic mass is 79.9. The summed E-state index contributed by atoms with van der Waals surface area (Å²) in [5.41, 5.74) is 0.988. The van der Waals surface area contributed by atoms with Gasteiger partial charge in [-0.2, -0.15) is 5.26 Å². The number of anilines is 1. The maximum absolute atomic E-state index is 11.5. The van der Waals surface area contributed by atoms with Gasteiger partial charge in [0.2, 0.25) is 5.91 Å². The van der Waals surface area contributed by atoms with Crippen LogP contribution in [-0.2, 0) is 4.79 Å². The van der Waals surface area contributed by atoms with Crippen molar-refractivity contribution in [1.29, 1.82) is 5.26 Å². The lowest BCUT2D eigenvalue weighted by Crippen LogP contribution is -2.28. The summed E-state index contributed by atoms with van der Waals surface area (Å²) in [6.45, 7) is 3.10. The van der Waals surface area contributed by atoms with E-state index >= 15 is 0 Å². The molecule has 1 amide bonds. The molecule has 1 aromatic rings. The molecule has 0 heterocycles. The first-order valence-corrected chi connectivity index (χ1v) is 6.17. The molecule has 0 saturated heterocycles. The summed E-state index contributed by atoms with van der Waals surface area (Å²) in [5, 5.41) is 14.6. The van der Waals surface area contributed by atoms with Gasteiger partial charge in [-0.25, -0.2) is 0 Å². The molecule has 0 aromatic heterocycles. The van der Waals surface area contributed by atoms with Gasteiger partial charge in [0.15, 0.2) is 0 Å². The van der Waals surface area contributed by atoms with Crippen molar-refractivity contribution in [2.75, 3.05) is 18.4 Å². The van der Waals surface area contributed by atoms with Gasteiger partial charge in [-0.15, -0.1) is 0 Å². The maximum Gasteiger partial charge on any atom is 0.238 e. The zero-order chi connectivity index (χ0) is 12.7. The van der Waals surface area contributed by atoms with E-state index in [1.807, 2.05) is 13.0 Å². The molecule has 0 aliphatic heterocycles. The Morgan fingerprint density at radius 2 is 2.29 bits per heavy atom. The Bertz CT molecular complexity index is 440. The Balaban J connectivity index is 2.62. The van der Waals surface area contributed by atoms with Gasteiger partial charge in [-0.05, 0) is 31.2 Å². The van der Waals surface area contributed by atoms with Crippen molar-refractivity contribution in [1.82, 2.24) is 5.32 Å². The van der Waals surface area contributed by atoms with Crippen LogP contribution in [0.1, 0.15) is 18.9 Å². The second kappa shape index (κ2) is 7.05. The highest BCUT2D eigenvalue weighted by Gasteiger charge is 2.06. The molecule has 0 saturated carbocycles. The number of nitrogens with zero attached hydrogens (tertiary/aromatic N) is 1. The second-order valence-corrected chi connectivity index (χ2v) is 4.44. The van der Waals surface area contributed by atoms with E-state index in [0.29, 0.717) is 11.3 Å². The molecule has 0 fully saturated rings. The lowest BCUT2D eigenvalue weighted by atomic mass is 10.2. The third kappa shape index (κ3) is 4.55. The van der Waals surface area contributed by atoms with Gasteiger partial charge in [-0.3, -0.25) is 4.79 Å². The molecule has 4 nitrogen and oxygen atoms in total. The van der Waals surface area contributed by atoms with Crippen molar-refractivity contribution in [3.63, 3.8) is 0 Å². The molecule has 90 valence electrons. The Hall–Kier alpha value is -1.38. The average Bonchev–Trinajstić information content (AvgIpc) is 2.32. The molecule has 1 aromatic carbocycles. The maximum atomic E-state index is 11.5. The molecule has 0 aliphatic rings. The molecule has 0 atom stereocenters. The van der Waals surface area contributed by atoms with Crippen LogP contribution in [0.4, 0.5) is 5.69 Å². The molecular formula is C12H14BrN3O. The molecule has 5 heteroatoms. The highest BCUT2D eigenvalue weighted by Crippen LogP contribution is 2.19. The van der Waals surface area contributed by atoms with Crippen molar-refractivity contribution in [3.8, 4) is 6.07 Å². The summed E-state index contributed by atoms with van der Waals surface area (Å²) in [5.74, 6) is -0.141. The van der Waals surface area contributed by atoms with E-state index < -0.39 is 0 Å². The van der Waals surface area contributed by atoms with E-state index in [2.05, 4.69) is 26.6 Å². The first-order chi connectivity index (χ1) is 8.17. The zero-order valence-corrected chi connectivity index (χ0v) is 11.2. The van der Waals surface area contributed by atoms with E-state index in [-0.39, 0.29) is 12.5 Å². The molecule has 17 heavy (non-hydrogen) atoms. The number of amides is 1. The molecule has 0 bridgehead atoms. The number of nitriles is 1. The number of rotatable bonds is 5. The van der Waals surface area contributed by atoms with E-state index in [1.165, 1.54) is 0 Å². The molecule has 1 rings (SSSR count). The van der Waals surface area contributed by atoms with Crippen LogP contribution in [0, 0.1) is 11.3 Å². The topological polar surface area (TPSA) is 64.9 Å². The monoisotopic (exact) mass is 295 g/mol. The number of halogens is 1. The minimum absolute atomic E-state index is 0.141. The standard InChI is InChI=1S/C12H14BrN3O/c1-2-5-15-8-12(17)16-11-4-3-10(13)6-9(11)7-14/h3-4,6,15H,2,5,8H2,1H3,(H,16,17). The van der Waals surface area contributed by atoms with Gasteiger partial charge >= 0.3 is 0 Å². The fourth-order valence-corrected chi connectivity index (χ4v) is 1.65. The molecule has 0 aliphatic carbocycles. The Labute approximate surface area is 109 Å². The van der Waals surface area contributed by atoms with Crippen molar-refractivity contribution < 1.29 is 4.79 Å². The van der Waals surface area contributed by atoms with E-state index in [4.69, 9.17) is 5.26 Å². The number of benzene rings is 1. The average molecular weight is 296 g/mol. The van der Waals surface area contributed by atoms with Crippen LogP contribution in [0.15, 0.2) is 22.7 Å². The SMILES string of the molecule is CCCNCC(=O)Nc1ccc(Br)cc1C#N. The van der Waals surface area contributed by atoms with Crippen LogP contribution >= 0.6 is 15.9 Å². The Morgan fingerprint density at radius 3 is 2.94 bits per heavy atom. The third-order valence-electron chi connectivity index (χ3n) is 2.09. The quantitative estimate of drug-likeness (QED) is 0.819. The second-order valence-electron chi connectivity index (χ2n) is 3.53. The number of carbonyl (C=O) groups is 1. The smallest absolute Gasteiger partial charge is 0.238 e. The van der Waals surface area contributed by atoms with Crippen LogP contribution in [0.3, 0.4) is 0 Å². The minimum atomic E-state index is -0.141. The summed E-state index contributed by atoms with van der Waals surface area (Å²) in [6, 6.07) is 7.22. The molecule has 0 unspecified atom stereocenters. The molecular weight excluding hydrogens is 282 g/mol. The van der Waals surface area contributed by atoms with Gasteiger partial charge in [-0.1, -0.05) is 22.9 Å². The molecule has 2 N–H and O–H groups in total. The van der Waals surface area contributed by atoms with Crippen LogP contribution in [0.25, 0.3) is 0 Å². The minimum Gasteiger partial charge on any atom is -0.324 e. The van der Waals surface area contributed by atoms with Crippen molar-refractivity contribution in [2.24, 2.45) is 0 Å².